The predicted molar refractivity (Wildman–Crippen MR) is 115 cm³/mol. The quantitative estimate of drug-likeness (QED) is 0.213. The lowest BCUT2D eigenvalue weighted by Crippen LogP contribution is -2.21. The first-order valence-corrected chi connectivity index (χ1v) is 9.06. The van der Waals surface area contributed by atoms with Crippen molar-refractivity contribution in [3.8, 4) is 0 Å². The van der Waals surface area contributed by atoms with Crippen LogP contribution in [0.4, 0.5) is 0 Å². The van der Waals surface area contributed by atoms with Gasteiger partial charge in [0.25, 0.3) is 0 Å². The molecule has 138 valence electrons. The second-order valence-corrected chi connectivity index (χ2v) is 6.78. The smallest absolute Gasteiger partial charge is 0.102 e. The van der Waals surface area contributed by atoms with Crippen LogP contribution < -0.4 is 5.73 Å². The molecule has 2 atom stereocenters. The molecule has 0 bridgehead atoms. The summed E-state index contributed by atoms with van der Waals surface area (Å²) in [5.74, 6) is 1.52. The summed E-state index contributed by atoms with van der Waals surface area (Å²) in [6, 6.07) is 0. The van der Waals surface area contributed by atoms with Gasteiger partial charge in [-0.1, -0.05) is 90.3 Å². The maximum atomic E-state index is 6.26. The van der Waals surface area contributed by atoms with Crippen LogP contribution in [-0.4, -0.2) is 5.84 Å². The standard InChI is InChI=1S/C23H36N2/c1-10-13-15-21(14-11-2)22(25-23(24)17(6)12-3)20(9)19(8)18(7)16(4)5/h10-11,13-17,19H,1-2,7,12H2,3-6,8-9H3,(H2,24,25)/b15-13-,21-14+,22-20+. The van der Waals surface area contributed by atoms with Gasteiger partial charge in [0, 0.05) is 17.4 Å². The van der Waals surface area contributed by atoms with Crippen molar-refractivity contribution in [3.05, 3.63) is 72.5 Å². The van der Waals surface area contributed by atoms with Crippen LogP contribution in [-0.2, 0) is 0 Å². The van der Waals surface area contributed by atoms with Crippen LogP contribution in [0.1, 0.15) is 48.0 Å². The Morgan fingerprint density at radius 2 is 1.72 bits per heavy atom. The number of allylic oxidation sites excluding steroid dienone is 7. The van der Waals surface area contributed by atoms with Gasteiger partial charge >= 0.3 is 0 Å². The fourth-order valence-electron chi connectivity index (χ4n) is 2.32. The number of aliphatic imine (C=N–C) groups is 1. The first-order valence-electron chi connectivity index (χ1n) is 9.06. The summed E-state index contributed by atoms with van der Waals surface area (Å²) in [6.07, 6.45) is 10.3. The Morgan fingerprint density at radius 1 is 1.12 bits per heavy atom. The van der Waals surface area contributed by atoms with Crippen LogP contribution in [0.25, 0.3) is 0 Å². The lowest BCUT2D eigenvalue weighted by molar-refractivity contribution is 0.642. The average molecular weight is 341 g/mol. The molecule has 0 saturated carbocycles. The molecule has 0 aliphatic rings. The molecule has 0 aliphatic carbocycles. The van der Waals surface area contributed by atoms with E-state index < -0.39 is 0 Å². The topological polar surface area (TPSA) is 38.4 Å². The van der Waals surface area contributed by atoms with Crippen LogP contribution in [0.15, 0.2) is 77.5 Å². The average Bonchev–Trinajstić information content (AvgIpc) is 2.60. The molecule has 0 amide bonds. The van der Waals surface area contributed by atoms with E-state index in [4.69, 9.17) is 10.7 Å². The lowest BCUT2D eigenvalue weighted by atomic mass is 9.85. The zero-order valence-corrected chi connectivity index (χ0v) is 17.0. The zero-order chi connectivity index (χ0) is 19.6. The predicted octanol–water partition coefficient (Wildman–Crippen LogP) is 6.37. The number of nitrogens with zero attached hydrogens (tertiary/aromatic N) is 1. The second-order valence-electron chi connectivity index (χ2n) is 6.78. The maximum Gasteiger partial charge on any atom is 0.102 e. The van der Waals surface area contributed by atoms with Crippen molar-refractivity contribution in [2.45, 2.75) is 48.0 Å². The highest BCUT2D eigenvalue weighted by Crippen LogP contribution is 2.30. The van der Waals surface area contributed by atoms with E-state index in [1.165, 1.54) is 5.57 Å². The van der Waals surface area contributed by atoms with Crippen LogP contribution >= 0.6 is 0 Å². The third-order valence-electron chi connectivity index (χ3n) is 4.66. The summed E-state index contributed by atoms with van der Waals surface area (Å²) in [7, 11) is 0. The Bertz CT molecular complexity index is 598. The van der Waals surface area contributed by atoms with E-state index >= 15 is 0 Å². The van der Waals surface area contributed by atoms with Gasteiger partial charge in [0.2, 0.25) is 0 Å². The van der Waals surface area contributed by atoms with Crippen molar-refractivity contribution in [2.24, 2.45) is 28.5 Å². The molecule has 25 heavy (non-hydrogen) atoms. The van der Waals surface area contributed by atoms with E-state index in [-0.39, 0.29) is 11.8 Å². The normalized spacial score (nSPS) is 16.6. The molecule has 2 nitrogen and oxygen atoms in total. The molecule has 0 aromatic carbocycles. The van der Waals surface area contributed by atoms with E-state index in [0.29, 0.717) is 11.8 Å². The maximum absolute atomic E-state index is 6.26. The van der Waals surface area contributed by atoms with Crippen LogP contribution in [0.3, 0.4) is 0 Å². The first kappa shape index (κ1) is 22.9. The van der Waals surface area contributed by atoms with E-state index in [0.717, 1.165) is 23.3 Å². The van der Waals surface area contributed by atoms with Gasteiger partial charge in [-0.3, -0.25) is 0 Å². The number of amidine groups is 1. The summed E-state index contributed by atoms with van der Waals surface area (Å²) in [6.45, 7) is 24.7. The molecule has 0 saturated heterocycles. The van der Waals surface area contributed by atoms with Crippen molar-refractivity contribution in [3.63, 3.8) is 0 Å². The molecular formula is C23H36N2. The van der Waals surface area contributed by atoms with E-state index in [9.17, 15) is 0 Å². The van der Waals surface area contributed by atoms with Crippen LogP contribution in [0, 0.1) is 17.8 Å². The molecule has 2 unspecified atom stereocenters. The van der Waals surface area contributed by atoms with Crippen molar-refractivity contribution in [1.82, 2.24) is 0 Å². The molecule has 0 aliphatic heterocycles. The Balaban J connectivity index is 6.39. The minimum atomic E-state index is 0.217. The molecule has 0 aromatic rings. The number of hydrogen-bond acceptors (Lipinski definition) is 1. The highest BCUT2D eigenvalue weighted by Gasteiger charge is 2.18. The summed E-state index contributed by atoms with van der Waals surface area (Å²) >= 11 is 0. The zero-order valence-electron chi connectivity index (χ0n) is 17.0. The van der Waals surface area contributed by atoms with Gasteiger partial charge in [0.05, 0.1) is 5.70 Å². The van der Waals surface area contributed by atoms with Gasteiger partial charge in [-0.05, 0) is 24.8 Å². The van der Waals surface area contributed by atoms with Crippen LogP contribution in [0.5, 0.6) is 0 Å². The summed E-state index contributed by atoms with van der Waals surface area (Å²) in [5, 5.41) is 0. The SMILES string of the molecule is C=C\C=C/C(=C\C=C)C(/N=C(/N)C(C)CC)=C(/C)C(C)C(=C)C(C)C. The van der Waals surface area contributed by atoms with Gasteiger partial charge in [0.15, 0.2) is 0 Å². The molecule has 2 N–H and O–H groups in total. The summed E-state index contributed by atoms with van der Waals surface area (Å²) < 4.78 is 0. The Morgan fingerprint density at radius 3 is 2.16 bits per heavy atom. The third kappa shape index (κ3) is 7.13. The largest absolute Gasteiger partial charge is 0.387 e. The number of nitrogens with two attached hydrogens (primary N) is 1. The van der Waals surface area contributed by atoms with Crippen molar-refractivity contribution < 1.29 is 0 Å². The van der Waals surface area contributed by atoms with E-state index in [1.54, 1.807) is 12.2 Å². The monoisotopic (exact) mass is 340 g/mol. The van der Waals surface area contributed by atoms with Gasteiger partial charge in [-0.15, -0.1) is 0 Å². The molecule has 2 heteroatoms. The molecule has 0 heterocycles. The highest BCUT2D eigenvalue weighted by molar-refractivity contribution is 5.84. The lowest BCUT2D eigenvalue weighted by Gasteiger charge is -2.22. The van der Waals surface area contributed by atoms with Crippen LogP contribution in [0.2, 0.25) is 0 Å². The van der Waals surface area contributed by atoms with Gasteiger partial charge in [0.1, 0.15) is 5.84 Å². The first-order chi connectivity index (χ1) is 11.7. The van der Waals surface area contributed by atoms with Crippen molar-refractivity contribution in [2.75, 3.05) is 0 Å². The fraction of sp³-hybridized carbons (Fsp3) is 0.435. The summed E-state index contributed by atoms with van der Waals surface area (Å²) in [5.41, 5.74) is 10.5. The van der Waals surface area contributed by atoms with Crippen molar-refractivity contribution in [1.29, 1.82) is 0 Å². The van der Waals surface area contributed by atoms with Crippen molar-refractivity contribution >= 4 is 5.84 Å². The number of hydrogen-bond donors (Lipinski definition) is 1. The Hall–Kier alpha value is -2.09. The molecule has 0 fully saturated rings. The molecular weight excluding hydrogens is 304 g/mol. The van der Waals surface area contributed by atoms with E-state index in [1.807, 2.05) is 18.2 Å². The number of rotatable bonds is 10. The molecule has 0 radical (unpaired) electrons. The molecule has 0 aromatic heterocycles. The Kier molecular flexibility index (Phi) is 10.5. The third-order valence-corrected chi connectivity index (χ3v) is 4.66. The molecule has 0 spiro atoms. The Labute approximate surface area is 155 Å². The highest BCUT2D eigenvalue weighted by atomic mass is 14.9. The fourth-order valence-corrected chi connectivity index (χ4v) is 2.32. The summed E-state index contributed by atoms with van der Waals surface area (Å²) in [4.78, 5) is 4.81. The minimum Gasteiger partial charge on any atom is -0.387 e. The second kappa shape index (κ2) is 11.5. The molecule has 0 rings (SSSR count). The van der Waals surface area contributed by atoms with Gasteiger partial charge in [-0.25, -0.2) is 4.99 Å². The van der Waals surface area contributed by atoms with Gasteiger partial charge in [-0.2, -0.15) is 0 Å². The van der Waals surface area contributed by atoms with Gasteiger partial charge < -0.3 is 5.73 Å². The minimum absolute atomic E-state index is 0.217. The van der Waals surface area contributed by atoms with E-state index in [2.05, 4.69) is 61.3 Å².